The Morgan fingerprint density at radius 2 is 0.814 bits per heavy atom. The number of hydrogen-bond donors (Lipinski definition) is 0. The van der Waals surface area contributed by atoms with Crippen LogP contribution in [0.2, 0.25) is 0 Å². The molecule has 43 heavy (non-hydrogen) atoms. The minimum absolute atomic E-state index is 0.257. The Bertz CT molecular complexity index is 1050. The zero-order chi connectivity index (χ0) is 30.5. The Labute approximate surface area is 259 Å². The number of ether oxygens (including phenoxy) is 3. The molecule has 0 N–H and O–H groups in total. The fourth-order valence-corrected chi connectivity index (χ4v) is 5.19. The van der Waals surface area contributed by atoms with Gasteiger partial charge in [-0.05, 0) is 60.4 Å². The van der Waals surface area contributed by atoms with Crippen LogP contribution in [0.5, 0.6) is 11.5 Å². The highest BCUT2D eigenvalue weighted by molar-refractivity contribution is 6.22. The van der Waals surface area contributed by atoms with Crippen LogP contribution < -0.4 is 9.47 Å². The van der Waals surface area contributed by atoms with Gasteiger partial charge in [0.25, 0.3) is 0 Å². The van der Waals surface area contributed by atoms with Crippen LogP contribution in [-0.4, -0.2) is 25.2 Å². The first-order valence-electron chi connectivity index (χ1n) is 16.8. The van der Waals surface area contributed by atoms with Crippen LogP contribution in [0.4, 0.5) is 0 Å². The Kier molecular flexibility index (Phi) is 16.3. The lowest BCUT2D eigenvalue weighted by molar-refractivity contribution is -0.149. The van der Waals surface area contributed by atoms with Gasteiger partial charge < -0.3 is 14.2 Å². The highest BCUT2D eigenvalue weighted by Crippen LogP contribution is 2.28. The third-order valence-corrected chi connectivity index (χ3v) is 7.83. The van der Waals surface area contributed by atoms with E-state index in [-0.39, 0.29) is 11.1 Å². The first kappa shape index (κ1) is 34.2. The van der Waals surface area contributed by atoms with Gasteiger partial charge in [-0.1, -0.05) is 128 Å². The Hall–Kier alpha value is -3.34. The molecule has 234 valence electrons. The number of carbonyl (C=O) groups is 2. The molecule has 0 spiro atoms. The average Bonchev–Trinajstić information content (AvgIpc) is 3.28. The zero-order valence-electron chi connectivity index (χ0n) is 26.5. The summed E-state index contributed by atoms with van der Waals surface area (Å²) in [6, 6.07) is 15.2. The van der Waals surface area contributed by atoms with Gasteiger partial charge in [0.15, 0.2) is 0 Å². The van der Waals surface area contributed by atoms with Gasteiger partial charge in [-0.3, -0.25) is 0 Å². The van der Waals surface area contributed by atoms with Crippen LogP contribution in [0, 0.1) is 0 Å². The van der Waals surface area contributed by atoms with E-state index in [1.807, 2.05) is 48.5 Å². The molecule has 1 aliphatic rings. The maximum atomic E-state index is 12.5. The van der Waals surface area contributed by atoms with Crippen molar-refractivity contribution in [3.8, 4) is 11.5 Å². The van der Waals surface area contributed by atoms with Crippen LogP contribution in [-0.2, 0) is 14.3 Å². The number of unbranched alkanes of at least 4 members (excludes halogenated alkanes) is 14. The van der Waals surface area contributed by atoms with E-state index in [0.717, 1.165) is 35.5 Å². The van der Waals surface area contributed by atoms with E-state index in [1.165, 1.54) is 89.9 Å². The van der Waals surface area contributed by atoms with Gasteiger partial charge in [-0.15, -0.1) is 0 Å². The predicted octanol–water partition coefficient (Wildman–Crippen LogP) is 10.3. The van der Waals surface area contributed by atoms with Gasteiger partial charge in [0, 0.05) is 0 Å². The standard InChI is InChI=1S/C38H52O5/c1-3-5-7-9-11-13-15-17-27-41-33-23-19-31(20-24-33)29-35-36(38(40)43-37(35)39)30-32-21-25-34(26-22-32)42-28-18-16-14-12-10-8-6-4-2/h19-26,29-30H,3-18,27-28H2,1-2H3. The lowest BCUT2D eigenvalue weighted by Crippen LogP contribution is -1.98. The summed E-state index contributed by atoms with van der Waals surface area (Å²) in [4.78, 5) is 24.9. The second-order valence-corrected chi connectivity index (χ2v) is 11.6. The van der Waals surface area contributed by atoms with E-state index < -0.39 is 11.9 Å². The van der Waals surface area contributed by atoms with Crippen molar-refractivity contribution in [2.75, 3.05) is 13.2 Å². The Balaban J connectivity index is 1.45. The summed E-state index contributed by atoms with van der Waals surface area (Å²) in [6.45, 7) is 5.89. The molecule has 0 aliphatic carbocycles. The first-order valence-corrected chi connectivity index (χ1v) is 16.8. The summed E-state index contributed by atoms with van der Waals surface area (Å²) in [7, 11) is 0. The maximum Gasteiger partial charge on any atom is 0.346 e. The second-order valence-electron chi connectivity index (χ2n) is 11.6. The van der Waals surface area contributed by atoms with Crippen molar-refractivity contribution in [3.05, 3.63) is 70.8 Å². The van der Waals surface area contributed by atoms with E-state index in [4.69, 9.17) is 14.2 Å². The van der Waals surface area contributed by atoms with Crippen molar-refractivity contribution in [2.24, 2.45) is 0 Å². The molecule has 3 rings (SSSR count). The van der Waals surface area contributed by atoms with E-state index in [2.05, 4.69) is 13.8 Å². The Morgan fingerprint density at radius 3 is 1.16 bits per heavy atom. The molecule has 0 bridgehead atoms. The predicted molar refractivity (Wildman–Crippen MR) is 176 cm³/mol. The van der Waals surface area contributed by atoms with E-state index >= 15 is 0 Å². The van der Waals surface area contributed by atoms with Gasteiger partial charge in [-0.2, -0.15) is 0 Å². The van der Waals surface area contributed by atoms with Crippen molar-refractivity contribution < 1.29 is 23.8 Å². The lowest BCUT2D eigenvalue weighted by atomic mass is 10.0. The van der Waals surface area contributed by atoms with Crippen molar-refractivity contribution in [2.45, 2.75) is 117 Å². The molecular formula is C38H52O5. The molecule has 1 aliphatic heterocycles. The van der Waals surface area contributed by atoms with Gasteiger partial charge in [-0.25, -0.2) is 9.59 Å². The first-order chi connectivity index (χ1) is 21.1. The molecule has 5 heteroatoms. The van der Waals surface area contributed by atoms with E-state index in [1.54, 1.807) is 12.2 Å². The topological polar surface area (TPSA) is 61.8 Å². The maximum absolute atomic E-state index is 12.5. The highest BCUT2D eigenvalue weighted by Gasteiger charge is 2.33. The van der Waals surface area contributed by atoms with E-state index in [9.17, 15) is 9.59 Å². The van der Waals surface area contributed by atoms with Crippen molar-refractivity contribution in [1.82, 2.24) is 0 Å². The third kappa shape index (κ3) is 13.2. The lowest BCUT2D eigenvalue weighted by Gasteiger charge is -2.07. The molecule has 1 heterocycles. The van der Waals surface area contributed by atoms with Gasteiger partial charge in [0.1, 0.15) is 11.5 Å². The van der Waals surface area contributed by atoms with Gasteiger partial charge >= 0.3 is 11.9 Å². The number of carbonyl (C=O) groups excluding carboxylic acids is 2. The Morgan fingerprint density at radius 1 is 0.488 bits per heavy atom. The summed E-state index contributed by atoms with van der Waals surface area (Å²) in [6.07, 6.45) is 23.6. The smallest absolute Gasteiger partial charge is 0.346 e. The zero-order valence-corrected chi connectivity index (χ0v) is 26.5. The van der Waals surface area contributed by atoms with Crippen LogP contribution in [0.25, 0.3) is 12.2 Å². The highest BCUT2D eigenvalue weighted by atomic mass is 16.6. The summed E-state index contributed by atoms with van der Waals surface area (Å²) < 4.78 is 16.7. The minimum atomic E-state index is -0.628. The summed E-state index contributed by atoms with van der Waals surface area (Å²) in [5.74, 6) is 0.347. The number of rotatable bonds is 22. The molecule has 0 amide bonds. The SMILES string of the molecule is CCCCCCCCCCOc1ccc(C=C2C(=O)OC(=O)C2=Cc2ccc(OCCCCCCCCCC)cc2)cc1. The van der Waals surface area contributed by atoms with Gasteiger partial charge in [0.05, 0.1) is 24.4 Å². The monoisotopic (exact) mass is 588 g/mol. The molecule has 0 aromatic heterocycles. The molecule has 0 radical (unpaired) electrons. The molecule has 0 atom stereocenters. The molecule has 0 saturated carbocycles. The van der Waals surface area contributed by atoms with Crippen LogP contribution >= 0.6 is 0 Å². The molecule has 2 aromatic carbocycles. The number of esters is 2. The van der Waals surface area contributed by atoms with Crippen molar-refractivity contribution in [1.29, 1.82) is 0 Å². The molecule has 0 unspecified atom stereocenters. The van der Waals surface area contributed by atoms with E-state index in [0.29, 0.717) is 13.2 Å². The molecule has 1 saturated heterocycles. The van der Waals surface area contributed by atoms with Crippen LogP contribution in [0.3, 0.4) is 0 Å². The molecule has 5 nitrogen and oxygen atoms in total. The van der Waals surface area contributed by atoms with Crippen LogP contribution in [0.1, 0.15) is 128 Å². The molecular weight excluding hydrogens is 536 g/mol. The molecule has 2 aromatic rings. The normalized spacial score (nSPS) is 14.9. The molecule has 1 fully saturated rings. The fraction of sp³-hybridized carbons (Fsp3) is 0.526. The summed E-state index contributed by atoms with van der Waals surface area (Å²) in [5.41, 5.74) is 2.12. The number of benzene rings is 2. The average molecular weight is 589 g/mol. The van der Waals surface area contributed by atoms with Gasteiger partial charge in [0.2, 0.25) is 0 Å². The quantitative estimate of drug-likeness (QED) is 0.0593. The minimum Gasteiger partial charge on any atom is -0.494 e. The third-order valence-electron chi connectivity index (χ3n) is 7.83. The van der Waals surface area contributed by atoms with Crippen molar-refractivity contribution >= 4 is 24.1 Å². The number of hydrogen-bond acceptors (Lipinski definition) is 5. The summed E-state index contributed by atoms with van der Waals surface area (Å²) in [5, 5.41) is 0. The number of cyclic esters (lactones) is 2. The van der Waals surface area contributed by atoms with Crippen LogP contribution in [0.15, 0.2) is 59.7 Å². The van der Waals surface area contributed by atoms with Crippen molar-refractivity contribution in [3.63, 3.8) is 0 Å². The largest absolute Gasteiger partial charge is 0.494 e. The fourth-order valence-electron chi connectivity index (χ4n) is 5.19. The second kappa shape index (κ2) is 20.5. The summed E-state index contributed by atoms with van der Waals surface area (Å²) >= 11 is 0.